The van der Waals surface area contributed by atoms with E-state index in [1.165, 1.54) is 26.0 Å². The summed E-state index contributed by atoms with van der Waals surface area (Å²) in [5.74, 6) is -7.68. The van der Waals surface area contributed by atoms with Gasteiger partial charge in [0.05, 0.1) is 23.7 Å². The molecule has 0 aromatic carbocycles. The number of rotatable bonds is 7. The van der Waals surface area contributed by atoms with Crippen LogP contribution in [0.5, 0.6) is 0 Å². The Hall–Kier alpha value is -2.68. The van der Waals surface area contributed by atoms with Crippen LogP contribution in [0.1, 0.15) is 119 Å². The molecule has 1 N–H and O–H groups in total. The molecule has 4 aliphatic rings. The molecule has 1 aliphatic carbocycles. The normalized spacial score (nSPS) is 39.9. The van der Waals surface area contributed by atoms with E-state index < -0.39 is 77.8 Å². The Labute approximate surface area is 356 Å². The van der Waals surface area contributed by atoms with Gasteiger partial charge < -0.3 is 38.4 Å². The average Bonchev–Trinajstić information content (AvgIpc) is 3.20. The summed E-state index contributed by atoms with van der Waals surface area (Å²) in [6.07, 6.45) is 5.04. The zero-order valence-electron chi connectivity index (χ0n) is 36.9. The molecule has 3 aliphatic heterocycles. The van der Waals surface area contributed by atoms with Crippen molar-refractivity contribution in [1.29, 1.82) is 0 Å². The van der Waals surface area contributed by atoms with Crippen molar-refractivity contribution >= 4 is 41.0 Å². The molecule has 1 amide bonds. The van der Waals surface area contributed by atoms with Gasteiger partial charge in [-0.3, -0.25) is 19.2 Å². The molecule has 2 unspecified atom stereocenters. The molecule has 3 heterocycles. The number of esters is 2. The maximum absolute atomic E-state index is 14.5. The minimum absolute atomic E-state index is 0.0305. The van der Waals surface area contributed by atoms with Crippen LogP contribution >= 0.6 is 11.6 Å². The quantitative estimate of drug-likeness (QED) is 0.132. The molecule has 59 heavy (non-hydrogen) atoms. The fraction of sp³-hybridized carbons (Fsp3) is 0.800. The summed E-state index contributed by atoms with van der Waals surface area (Å²) in [7, 11) is 4.70. The van der Waals surface area contributed by atoms with Gasteiger partial charge in [-0.1, -0.05) is 46.8 Å². The minimum atomic E-state index is -2.51. The first-order valence-electron chi connectivity index (χ1n) is 21.7. The number of amides is 1. The summed E-state index contributed by atoms with van der Waals surface area (Å²) < 4.78 is 36.0. The van der Waals surface area contributed by atoms with Crippen LogP contribution in [-0.4, -0.2) is 121 Å². The lowest BCUT2D eigenvalue weighted by Gasteiger charge is -2.47. The molecule has 1 saturated carbocycles. The second-order valence-corrected chi connectivity index (χ2v) is 18.2. The number of Topliss-reactive ketones (excluding diaryl/α,β-unsaturated/α-hetero) is 2. The van der Waals surface area contributed by atoms with Gasteiger partial charge >= 0.3 is 11.9 Å². The summed E-state index contributed by atoms with van der Waals surface area (Å²) in [6.45, 7) is 12.7. The lowest BCUT2D eigenvalue weighted by Crippen LogP contribution is -2.64. The van der Waals surface area contributed by atoms with Crippen molar-refractivity contribution in [2.45, 2.75) is 173 Å². The zero-order valence-corrected chi connectivity index (χ0v) is 37.7. The van der Waals surface area contributed by atoms with Gasteiger partial charge in [-0.05, 0) is 100 Å². The summed E-state index contributed by atoms with van der Waals surface area (Å²) >= 11 is 6.56. The molecule has 0 aromatic rings. The number of halogens is 1. The number of hydrogen-bond donors (Lipinski definition) is 1. The van der Waals surface area contributed by atoms with Crippen molar-refractivity contribution in [2.24, 2.45) is 29.6 Å². The highest BCUT2D eigenvalue weighted by Crippen LogP contribution is 2.39. The molecule has 0 aromatic heterocycles. The average molecular weight is 853 g/mol. The molecule has 2 bridgehead atoms. The number of alkyl halides is 1. The molecular formula is C45H70ClNO12. The van der Waals surface area contributed by atoms with E-state index in [4.69, 9.17) is 40.0 Å². The largest absolute Gasteiger partial charge is 0.462 e. The monoisotopic (exact) mass is 851 g/mol. The van der Waals surface area contributed by atoms with E-state index in [0.29, 0.717) is 49.7 Å². The van der Waals surface area contributed by atoms with Crippen LogP contribution in [0.15, 0.2) is 23.3 Å². The number of nitrogens with zero attached hydrogens (tertiary/aromatic N) is 1. The Kier molecular flexibility index (Phi) is 18.2. The van der Waals surface area contributed by atoms with Gasteiger partial charge in [-0.15, -0.1) is 11.6 Å². The molecule has 0 spiro atoms. The van der Waals surface area contributed by atoms with E-state index in [0.717, 1.165) is 12.8 Å². The lowest BCUT2D eigenvalue weighted by atomic mass is 9.81. The number of allylic oxidation sites excluding steroid dienone is 3. The number of carbonyl (C=O) groups excluding carboxylic acids is 5. The number of carbonyl (C=O) groups is 5. The standard InChI is InChI=1S/C45H70ClNO12/c1-11-32-19-25(2)18-26(3)20-38(55-9)41-39(56-10)22-28(5)45(53,59-41)42(50)43(51)47-17-13-12-14-34(47)44(52)58-40(29(6)36(24-35(32)49)57-30(7)48)27(4)21-31-15-16-33(46)37(23-31)54-8/h19,21,25-26,28-29,31,33-34,36-41,53H,11-18,20,22-24H2,1-10H3/b27-21?,32-19+/t25?,26-,28+,29-,31?,33+,34-,36-,37+,38-,39-,40+,41+,45+/m0/s1. The predicted molar refractivity (Wildman–Crippen MR) is 221 cm³/mol. The number of ketones is 2. The van der Waals surface area contributed by atoms with Crippen LogP contribution in [0.4, 0.5) is 0 Å². The molecular weight excluding hydrogens is 782 g/mol. The Balaban J connectivity index is 1.82. The summed E-state index contributed by atoms with van der Waals surface area (Å²) in [4.78, 5) is 71.0. The third-order valence-corrected chi connectivity index (χ3v) is 13.6. The molecule has 13 nitrogen and oxygen atoms in total. The second kappa shape index (κ2) is 21.9. The first-order valence-corrected chi connectivity index (χ1v) is 22.1. The van der Waals surface area contributed by atoms with Crippen LogP contribution in [-0.2, 0) is 52.4 Å². The first kappa shape index (κ1) is 49.0. The first-order chi connectivity index (χ1) is 27.9. The van der Waals surface area contributed by atoms with Gasteiger partial charge in [0.25, 0.3) is 11.7 Å². The third-order valence-electron chi connectivity index (χ3n) is 13.1. The number of fused-ring (bicyclic) bond motifs is 3. The molecule has 334 valence electrons. The number of cyclic esters (lactones) is 1. The Morgan fingerprint density at radius 2 is 1.58 bits per heavy atom. The number of ether oxygens (including phenoxy) is 6. The van der Waals surface area contributed by atoms with E-state index in [1.54, 1.807) is 21.0 Å². The number of hydrogen-bond acceptors (Lipinski definition) is 12. The van der Waals surface area contributed by atoms with Gasteiger partial charge in [-0.2, -0.15) is 0 Å². The smallest absolute Gasteiger partial charge is 0.329 e. The second-order valence-electron chi connectivity index (χ2n) is 17.7. The van der Waals surface area contributed by atoms with Crippen molar-refractivity contribution in [3.8, 4) is 0 Å². The Morgan fingerprint density at radius 3 is 2.20 bits per heavy atom. The maximum atomic E-state index is 14.5. The maximum Gasteiger partial charge on any atom is 0.329 e. The van der Waals surface area contributed by atoms with Crippen molar-refractivity contribution in [1.82, 2.24) is 4.90 Å². The highest BCUT2D eigenvalue weighted by Gasteiger charge is 2.56. The van der Waals surface area contributed by atoms with E-state index in [-0.39, 0.29) is 60.8 Å². The number of methoxy groups -OCH3 is 3. The molecule has 2 saturated heterocycles. The van der Waals surface area contributed by atoms with Crippen LogP contribution < -0.4 is 0 Å². The molecule has 0 radical (unpaired) electrons. The van der Waals surface area contributed by atoms with E-state index in [1.807, 2.05) is 32.9 Å². The molecule has 4 rings (SSSR count). The summed E-state index contributed by atoms with van der Waals surface area (Å²) in [5.41, 5.74) is 1.29. The lowest BCUT2D eigenvalue weighted by molar-refractivity contribution is -0.302. The van der Waals surface area contributed by atoms with Crippen molar-refractivity contribution in [3.63, 3.8) is 0 Å². The number of aliphatic hydroxyl groups is 1. The highest BCUT2D eigenvalue weighted by molar-refractivity contribution is 6.39. The zero-order chi connectivity index (χ0) is 43.8. The topological polar surface area (TPSA) is 164 Å². The summed E-state index contributed by atoms with van der Waals surface area (Å²) in [6, 6.07) is -1.15. The third kappa shape index (κ3) is 12.0. The van der Waals surface area contributed by atoms with Gasteiger partial charge in [0.2, 0.25) is 5.79 Å². The number of piperidine rings is 1. The van der Waals surface area contributed by atoms with Crippen molar-refractivity contribution in [2.75, 3.05) is 27.9 Å². The van der Waals surface area contributed by atoms with Crippen LogP contribution in [0.3, 0.4) is 0 Å². The Morgan fingerprint density at radius 1 is 0.915 bits per heavy atom. The minimum Gasteiger partial charge on any atom is -0.462 e. The predicted octanol–water partition coefficient (Wildman–Crippen LogP) is 6.29. The fourth-order valence-electron chi connectivity index (χ4n) is 9.74. The summed E-state index contributed by atoms with van der Waals surface area (Å²) in [5, 5.41) is 11.9. The van der Waals surface area contributed by atoms with Crippen LogP contribution in [0, 0.1) is 29.6 Å². The van der Waals surface area contributed by atoms with Gasteiger partial charge in [0.1, 0.15) is 24.4 Å². The van der Waals surface area contributed by atoms with Gasteiger partial charge in [0.15, 0.2) is 5.78 Å². The van der Waals surface area contributed by atoms with Crippen molar-refractivity contribution < 1.29 is 57.5 Å². The fourth-order valence-corrected chi connectivity index (χ4v) is 10.1. The van der Waals surface area contributed by atoms with E-state index >= 15 is 0 Å². The highest BCUT2D eigenvalue weighted by atomic mass is 35.5. The van der Waals surface area contributed by atoms with Crippen LogP contribution in [0.25, 0.3) is 0 Å². The Bertz CT molecular complexity index is 1550. The van der Waals surface area contributed by atoms with Gasteiger partial charge in [0, 0.05) is 53.1 Å². The van der Waals surface area contributed by atoms with E-state index in [9.17, 15) is 29.1 Å². The van der Waals surface area contributed by atoms with E-state index in [2.05, 4.69) is 6.92 Å². The van der Waals surface area contributed by atoms with Crippen LogP contribution in [0.2, 0.25) is 0 Å². The van der Waals surface area contributed by atoms with Gasteiger partial charge in [-0.25, -0.2) is 4.79 Å². The SMILES string of the molecule is CC/C1=C\C(C)C[C@H](C)C[C@H](OC)[C@H]2O[C@@](O)(C(=O)C(=O)N3CCCC[C@H]3C(=O)O[C@H](C(C)=CC3CC[C@@H](Cl)[C@H](OC)C3)[C@@H](C)[C@@H](OC(C)=O)CC1=O)[C@H](C)C[C@@H]2OC. The molecule has 3 fully saturated rings. The molecule has 14 atom stereocenters. The molecule has 14 heteroatoms. The van der Waals surface area contributed by atoms with Crippen molar-refractivity contribution in [3.05, 3.63) is 23.3 Å².